The summed E-state index contributed by atoms with van der Waals surface area (Å²) in [5.74, 6) is 0.261. The van der Waals surface area contributed by atoms with Gasteiger partial charge in [0.15, 0.2) is 0 Å². The van der Waals surface area contributed by atoms with Crippen molar-refractivity contribution < 1.29 is 13.5 Å². The maximum absolute atomic E-state index is 12.1. The molecule has 20 heavy (non-hydrogen) atoms. The molecule has 2 aliphatic rings. The molecule has 0 bridgehead atoms. The van der Waals surface area contributed by atoms with Crippen LogP contribution >= 0.6 is 0 Å². The zero-order valence-electron chi connectivity index (χ0n) is 12.1. The largest absolute Gasteiger partial charge is 0.396 e. The lowest BCUT2D eigenvalue weighted by Crippen LogP contribution is -2.45. The Balaban J connectivity index is 1.65. The first kappa shape index (κ1) is 16.2. The highest BCUT2D eigenvalue weighted by Gasteiger charge is 2.27. The summed E-state index contributed by atoms with van der Waals surface area (Å²) in [7, 11) is -3.33. The van der Waals surface area contributed by atoms with E-state index in [-0.39, 0.29) is 12.5 Å². The molecule has 0 radical (unpaired) electrons. The second kappa shape index (κ2) is 7.70. The maximum Gasteiger partial charge on any atom is 0.279 e. The smallest absolute Gasteiger partial charge is 0.279 e. The Morgan fingerprint density at radius 3 is 2.35 bits per heavy atom. The second-order valence-corrected chi connectivity index (χ2v) is 7.58. The fourth-order valence-corrected chi connectivity index (χ4v) is 4.21. The van der Waals surface area contributed by atoms with Gasteiger partial charge in [0.25, 0.3) is 10.2 Å². The van der Waals surface area contributed by atoms with Crippen molar-refractivity contribution in [2.24, 2.45) is 5.92 Å². The number of nitrogens with zero attached hydrogens (tertiary/aromatic N) is 2. The third-order valence-electron chi connectivity index (χ3n) is 4.31. The maximum atomic E-state index is 12.1. The summed E-state index contributed by atoms with van der Waals surface area (Å²) in [5.41, 5.74) is 0. The second-order valence-electron chi connectivity index (χ2n) is 5.83. The van der Waals surface area contributed by atoms with E-state index in [4.69, 9.17) is 5.11 Å². The van der Waals surface area contributed by atoms with E-state index < -0.39 is 10.2 Å². The first-order chi connectivity index (χ1) is 9.62. The standard InChI is InChI=1S/C13H27N3O3S/c17-12-13-4-10-16(11-5-13)20(18,19)14-6-3-9-15-7-1-2-8-15/h13-14,17H,1-12H2. The normalized spacial score (nSPS) is 23.4. The Morgan fingerprint density at radius 2 is 1.75 bits per heavy atom. The van der Waals surface area contributed by atoms with Gasteiger partial charge in [-0.15, -0.1) is 0 Å². The zero-order chi connectivity index (χ0) is 14.4. The molecule has 0 aliphatic carbocycles. The van der Waals surface area contributed by atoms with Crippen LogP contribution in [0.4, 0.5) is 0 Å². The van der Waals surface area contributed by atoms with Crippen molar-refractivity contribution >= 4 is 10.2 Å². The van der Waals surface area contributed by atoms with Crippen LogP contribution in [-0.2, 0) is 10.2 Å². The molecular formula is C13H27N3O3S. The SMILES string of the molecule is O=S(=O)(NCCCN1CCCC1)N1CCC(CO)CC1. The zero-order valence-corrected chi connectivity index (χ0v) is 12.9. The van der Waals surface area contributed by atoms with Gasteiger partial charge >= 0.3 is 0 Å². The number of rotatable bonds is 7. The molecule has 0 amide bonds. The fraction of sp³-hybridized carbons (Fsp3) is 1.00. The van der Waals surface area contributed by atoms with Crippen LogP contribution in [-0.4, -0.2) is 68.6 Å². The minimum absolute atomic E-state index is 0.164. The number of nitrogens with one attached hydrogen (secondary N) is 1. The van der Waals surface area contributed by atoms with Crippen molar-refractivity contribution in [2.45, 2.75) is 32.1 Å². The first-order valence-electron chi connectivity index (χ1n) is 7.70. The molecule has 0 aromatic rings. The van der Waals surface area contributed by atoms with E-state index in [0.717, 1.165) is 38.9 Å². The van der Waals surface area contributed by atoms with Gasteiger partial charge in [0.2, 0.25) is 0 Å². The van der Waals surface area contributed by atoms with Crippen molar-refractivity contribution in [3.05, 3.63) is 0 Å². The molecule has 0 atom stereocenters. The average molecular weight is 305 g/mol. The van der Waals surface area contributed by atoms with Crippen LogP contribution in [0.15, 0.2) is 0 Å². The van der Waals surface area contributed by atoms with E-state index in [1.807, 2.05) is 0 Å². The lowest BCUT2D eigenvalue weighted by molar-refractivity contribution is 0.169. The van der Waals surface area contributed by atoms with E-state index >= 15 is 0 Å². The van der Waals surface area contributed by atoms with Gasteiger partial charge in [-0.2, -0.15) is 12.7 Å². The molecule has 0 aromatic heterocycles. The summed E-state index contributed by atoms with van der Waals surface area (Å²) >= 11 is 0. The average Bonchev–Trinajstić information content (AvgIpc) is 2.97. The van der Waals surface area contributed by atoms with Gasteiger partial charge < -0.3 is 10.0 Å². The highest BCUT2D eigenvalue weighted by Crippen LogP contribution is 2.18. The van der Waals surface area contributed by atoms with Crippen LogP contribution in [0.1, 0.15) is 32.1 Å². The Morgan fingerprint density at radius 1 is 1.10 bits per heavy atom. The molecular weight excluding hydrogens is 278 g/mol. The van der Waals surface area contributed by atoms with Crippen molar-refractivity contribution in [1.29, 1.82) is 0 Å². The summed E-state index contributed by atoms with van der Waals surface area (Å²) in [6.07, 6.45) is 4.92. The number of hydrogen-bond acceptors (Lipinski definition) is 4. The summed E-state index contributed by atoms with van der Waals surface area (Å²) in [4.78, 5) is 2.39. The predicted octanol–water partition coefficient (Wildman–Crippen LogP) is 0.0110. The van der Waals surface area contributed by atoms with Crippen LogP contribution in [0.2, 0.25) is 0 Å². The van der Waals surface area contributed by atoms with Crippen LogP contribution in [0.3, 0.4) is 0 Å². The monoisotopic (exact) mass is 305 g/mol. The van der Waals surface area contributed by atoms with Crippen molar-refractivity contribution in [3.8, 4) is 0 Å². The van der Waals surface area contributed by atoms with Gasteiger partial charge in [-0.3, -0.25) is 0 Å². The lowest BCUT2D eigenvalue weighted by atomic mass is 10.00. The summed E-state index contributed by atoms with van der Waals surface area (Å²) in [6, 6.07) is 0. The summed E-state index contributed by atoms with van der Waals surface area (Å²) in [5, 5.41) is 9.07. The van der Waals surface area contributed by atoms with E-state index in [2.05, 4.69) is 9.62 Å². The van der Waals surface area contributed by atoms with Gasteiger partial charge in [-0.05, 0) is 57.7 Å². The van der Waals surface area contributed by atoms with Crippen molar-refractivity contribution in [2.75, 3.05) is 45.9 Å². The molecule has 2 saturated heterocycles. The van der Waals surface area contributed by atoms with Crippen LogP contribution in [0.5, 0.6) is 0 Å². The molecule has 0 aromatic carbocycles. The van der Waals surface area contributed by atoms with Crippen LogP contribution in [0.25, 0.3) is 0 Å². The number of likely N-dealkylation sites (tertiary alicyclic amines) is 1. The predicted molar refractivity (Wildman–Crippen MR) is 78.6 cm³/mol. The van der Waals surface area contributed by atoms with E-state index in [1.54, 1.807) is 0 Å². The third-order valence-corrected chi connectivity index (χ3v) is 5.92. The summed E-state index contributed by atoms with van der Waals surface area (Å²) in [6.45, 7) is 5.01. The van der Waals surface area contributed by atoms with Gasteiger partial charge in [-0.25, -0.2) is 4.72 Å². The molecule has 2 rings (SSSR count). The first-order valence-corrected chi connectivity index (χ1v) is 9.14. The molecule has 6 nitrogen and oxygen atoms in total. The molecule has 7 heteroatoms. The molecule has 2 fully saturated rings. The minimum Gasteiger partial charge on any atom is -0.396 e. The van der Waals surface area contributed by atoms with Crippen molar-refractivity contribution in [1.82, 2.24) is 13.9 Å². The Bertz CT molecular complexity index is 374. The number of piperidine rings is 1. The Kier molecular flexibility index (Phi) is 6.22. The van der Waals surface area contributed by atoms with Crippen molar-refractivity contribution in [3.63, 3.8) is 0 Å². The number of aliphatic hydroxyl groups excluding tert-OH is 1. The number of hydrogen-bond donors (Lipinski definition) is 2. The third kappa shape index (κ3) is 4.66. The van der Waals surface area contributed by atoms with E-state index in [1.165, 1.54) is 17.1 Å². The molecule has 118 valence electrons. The fourth-order valence-electron chi connectivity index (χ4n) is 2.93. The van der Waals surface area contributed by atoms with E-state index in [9.17, 15) is 8.42 Å². The quantitative estimate of drug-likeness (QED) is 0.650. The van der Waals surface area contributed by atoms with Gasteiger partial charge in [-0.1, -0.05) is 0 Å². The van der Waals surface area contributed by atoms with Gasteiger partial charge in [0, 0.05) is 26.2 Å². The van der Waals surface area contributed by atoms with Gasteiger partial charge in [0.05, 0.1) is 0 Å². The highest BCUT2D eigenvalue weighted by atomic mass is 32.2. The van der Waals surface area contributed by atoms with Crippen LogP contribution in [0, 0.1) is 5.92 Å². The molecule has 0 saturated carbocycles. The highest BCUT2D eigenvalue weighted by molar-refractivity contribution is 7.87. The molecule has 2 heterocycles. The molecule has 0 spiro atoms. The Labute approximate surface area is 122 Å². The van der Waals surface area contributed by atoms with Gasteiger partial charge in [0.1, 0.15) is 0 Å². The summed E-state index contributed by atoms with van der Waals surface area (Å²) < 4.78 is 28.4. The lowest BCUT2D eigenvalue weighted by Gasteiger charge is -2.30. The Hall–Kier alpha value is -0.210. The minimum atomic E-state index is -3.33. The molecule has 2 aliphatic heterocycles. The van der Waals surface area contributed by atoms with Crippen LogP contribution < -0.4 is 4.72 Å². The van der Waals surface area contributed by atoms with E-state index in [0.29, 0.717) is 19.6 Å². The number of aliphatic hydroxyl groups is 1. The topological polar surface area (TPSA) is 72.9 Å². The molecule has 0 unspecified atom stereocenters. The molecule has 2 N–H and O–H groups in total.